The van der Waals surface area contributed by atoms with Gasteiger partial charge >= 0.3 is 18.0 Å². The van der Waals surface area contributed by atoms with Crippen molar-refractivity contribution in [2.45, 2.75) is 31.7 Å². The predicted octanol–water partition coefficient (Wildman–Crippen LogP) is -1.16. The summed E-state index contributed by atoms with van der Waals surface area (Å²) in [5.41, 5.74) is 0. The van der Waals surface area contributed by atoms with E-state index in [1.54, 1.807) is 6.92 Å². The molecule has 2 aliphatic rings. The van der Waals surface area contributed by atoms with Gasteiger partial charge in [0.05, 0.1) is 0 Å². The molecule has 0 aromatic rings. The van der Waals surface area contributed by atoms with Gasteiger partial charge in [0, 0.05) is 0 Å². The van der Waals surface area contributed by atoms with E-state index in [-0.39, 0.29) is 6.42 Å². The maximum atomic E-state index is 11.6. The van der Waals surface area contributed by atoms with Crippen LogP contribution in [0.4, 0.5) is 9.59 Å². The summed E-state index contributed by atoms with van der Waals surface area (Å²) in [6.45, 7) is 1.67. The first-order chi connectivity index (χ1) is 7.54. The van der Waals surface area contributed by atoms with Crippen molar-refractivity contribution in [2.24, 2.45) is 0 Å². The Morgan fingerprint density at radius 1 is 1.44 bits per heavy atom. The molecular formula is C8H12N4O4. The number of nitrogens with zero attached hydrogens (tertiary/aromatic N) is 1. The normalized spacial score (nSPS) is 29.2. The van der Waals surface area contributed by atoms with Crippen molar-refractivity contribution in [1.82, 2.24) is 20.9 Å². The number of hydrogen-bond acceptors (Lipinski definition) is 3. The van der Waals surface area contributed by atoms with Crippen molar-refractivity contribution >= 4 is 18.0 Å². The fraction of sp³-hybridized carbons (Fsp3) is 0.625. The minimum absolute atomic E-state index is 0.280. The molecule has 88 valence electrons. The number of aliphatic carboxylic acids is 1. The molecule has 0 aliphatic carbocycles. The van der Waals surface area contributed by atoms with Gasteiger partial charge < -0.3 is 21.1 Å². The molecule has 0 bridgehead atoms. The molecule has 3 atom stereocenters. The molecule has 2 aliphatic heterocycles. The van der Waals surface area contributed by atoms with Crippen LogP contribution in [0.15, 0.2) is 0 Å². The monoisotopic (exact) mass is 228 g/mol. The second-order valence-corrected chi connectivity index (χ2v) is 3.66. The van der Waals surface area contributed by atoms with Crippen LogP contribution in [0.2, 0.25) is 0 Å². The molecule has 0 saturated carbocycles. The molecular weight excluding hydrogens is 216 g/mol. The fourth-order valence-electron chi connectivity index (χ4n) is 1.98. The van der Waals surface area contributed by atoms with Gasteiger partial charge in [-0.2, -0.15) is 0 Å². The molecule has 2 rings (SSSR count). The number of fused-ring (bicyclic) bond motifs is 1. The second-order valence-electron chi connectivity index (χ2n) is 3.66. The molecule has 8 nitrogen and oxygen atoms in total. The van der Waals surface area contributed by atoms with Crippen molar-refractivity contribution in [2.75, 3.05) is 0 Å². The van der Waals surface area contributed by atoms with Crippen LogP contribution < -0.4 is 16.0 Å². The van der Waals surface area contributed by atoms with Gasteiger partial charge in [-0.3, -0.25) is 4.90 Å². The van der Waals surface area contributed by atoms with Gasteiger partial charge in [0.25, 0.3) is 0 Å². The standard InChI is InChI=1S/C8H12N4O4/c1-2-3(6(13)14)12-5-4(10-8(12)16)9-7(15)11-5/h3-5H,2H2,1H3,(H,10,16)(H,13,14)(H2,9,11,15)/t3-,4-,5+/m1/s1. The van der Waals surface area contributed by atoms with Crippen LogP contribution in [0.5, 0.6) is 0 Å². The Morgan fingerprint density at radius 2 is 2.12 bits per heavy atom. The largest absolute Gasteiger partial charge is 0.480 e. The van der Waals surface area contributed by atoms with E-state index in [1.165, 1.54) is 0 Å². The summed E-state index contributed by atoms with van der Waals surface area (Å²) in [5.74, 6) is -1.08. The molecule has 2 saturated heterocycles. The van der Waals surface area contributed by atoms with Gasteiger partial charge in [-0.25, -0.2) is 14.4 Å². The molecule has 0 aromatic carbocycles. The van der Waals surface area contributed by atoms with Crippen LogP contribution >= 0.6 is 0 Å². The molecule has 0 radical (unpaired) electrons. The van der Waals surface area contributed by atoms with Crippen molar-refractivity contribution in [3.63, 3.8) is 0 Å². The van der Waals surface area contributed by atoms with Crippen molar-refractivity contribution in [3.8, 4) is 0 Å². The Balaban J connectivity index is 2.22. The molecule has 2 fully saturated rings. The van der Waals surface area contributed by atoms with Gasteiger partial charge in [0.2, 0.25) is 0 Å². The second kappa shape index (κ2) is 3.54. The van der Waals surface area contributed by atoms with E-state index in [0.717, 1.165) is 4.90 Å². The predicted molar refractivity (Wildman–Crippen MR) is 51.3 cm³/mol. The summed E-state index contributed by atoms with van der Waals surface area (Å²) in [7, 11) is 0. The van der Waals surface area contributed by atoms with Crippen LogP contribution in [-0.2, 0) is 4.79 Å². The number of amides is 4. The molecule has 4 amide bonds. The maximum absolute atomic E-state index is 11.6. The topological polar surface area (TPSA) is 111 Å². The van der Waals surface area contributed by atoms with Crippen molar-refractivity contribution in [1.29, 1.82) is 0 Å². The Morgan fingerprint density at radius 3 is 2.69 bits per heavy atom. The van der Waals surface area contributed by atoms with Crippen LogP contribution in [-0.4, -0.2) is 46.4 Å². The van der Waals surface area contributed by atoms with Crippen molar-refractivity contribution in [3.05, 3.63) is 0 Å². The Kier molecular flexibility index (Phi) is 2.33. The van der Waals surface area contributed by atoms with E-state index in [1.807, 2.05) is 0 Å². The highest BCUT2D eigenvalue weighted by atomic mass is 16.4. The molecule has 0 spiro atoms. The van der Waals surface area contributed by atoms with Gasteiger partial charge in [0.15, 0.2) is 0 Å². The summed E-state index contributed by atoms with van der Waals surface area (Å²) in [5, 5.41) is 16.5. The van der Waals surface area contributed by atoms with Crippen LogP contribution in [0.3, 0.4) is 0 Å². The van der Waals surface area contributed by atoms with Crippen LogP contribution in [0.1, 0.15) is 13.3 Å². The quantitative estimate of drug-likeness (QED) is 0.488. The third-order valence-corrected chi connectivity index (χ3v) is 2.70. The summed E-state index contributed by atoms with van der Waals surface area (Å²) in [6.07, 6.45) is -0.920. The highest BCUT2D eigenvalue weighted by molar-refractivity contribution is 5.88. The Labute approximate surface area is 91.0 Å². The fourth-order valence-corrected chi connectivity index (χ4v) is 1.98. The number of nitrogens with one attached hydrogen (secondary N) is 3. The lowest BCUT2D eigenvalue weighted by Gasteiger charge is -2.26. The molecule has 0 unspecified atom stereocenters. The first-order valence-corrected chi connectivity index (χ1v) is 4.93. The van der Waals surface area contributed by atoms with E-state index in [9.17, 15) is 14.4 Å². The number of carboxylic acids is 1. The van der Waals surface area contributed by atoms with E-state index >= 15 is 0 Å². The molecule has 16 heavy (non-hydrogen) atoms. The van der Waals surface area contributed by atoms with Gasteiger partial charge in [-0.15, -0.1) is 0 Å². The van der Waals surface area contributed by atoms with Crippen LogP contribution in [0, 0.1) is 0 Å². The minimum Gasteiger partial charge on any atom is -0.480 e. The average molecular weight is 228 g/mol. The van der Waals surface area contributed by atoms with E-state index in [4.69, 9.17) is 5.11 Å². The summed E-state index contributed by atoms with van der Waals surface area (Å²) in [4.78, 5) is 34.7. The number of rotatable bonds is 3. The first-order valence-electron chi connectivity index (χ1n) is 4.93. The molecule has 8 heteroatoms. The molecule has 2 heterocycles. The molecule has 4 N–H and O–H groups in total. The summed E-state index contributed by atoms with van der Waals surface area (Å²) >= 11 is 0. The number of urea groups is 2. The zero-order valence-corrected chi connectivity index (χ0v) is 8.56. The maximum Gasteiger partial charge on any atom is 0.326 e. The average Bonchev–Trinajstić information content (AvgIpc) is 2.65. The lowest BCUT2D eigenvalue weighted by atomic mass is 10.2. The van der Waals surface area contributed by atoms with Crippen molar-refractivity contribution < 1.29 is 19.5 Å². The lowest BCUT2D eigenvalue weighted by Crippen LogP contribution is -2.51. The van der Waals surface area contributed by atoms with E-state index in [2.05, 4.69) is 16.0 Å². The zero-order valence-electron chi connectivity index (χ0n) is 8.56. The third kappa shape index (κ3) is 1.42. The highest BCUT2D eigenvalue weighted by Crippen LogP contribution is 2.19. The minimum atomic E-state index is -1.08. The SMILES string of the molecule is CC[C@H](C(=O)O)N1C(=O)N[C@H]2NC(=O)N[C@H]21. The number of hydrogen-bond donors (Lipinski definition) is 4. The highest BCUT2D eigenvalue weighted by Gasteiger charge is 2.49. The smallest absolute Gasteiger partial charge is 0.326 e. The third-order valence-electron chi connectivity index (χ3n) is 2.70. The van der Waals surface area contributed by atoms with Gasteiger partial charge in [-0.1, -0.05) is 6.92 Å². The van der Waals surface area contributed by atoms with Gasteiger partial charge in [-0.05, 0) is 6.42 Å². The Hall–Kier alpha value is -1.99. The summed E-state index contributed by atoms with van der Waals surface area (Å²) < 4.78 is 0. The van der Waals surface area contributed by atoms with E-state index < -0.39 is 36.4 Å². The summed E-state index contributed by atoms with van der Waals surface area (Å²) in [6, 6.07) is -1.84. The van der Waals surface area contributed by atoms with Crippen LogP contribution in [0.25, 0.3) is 0 Å². The lowest BCUT2D eigenvalue weighted by molar-refractivity contribution is -0.142. The van der Waals surface area contributed by atoms with E-state index in [0.29, 0.717) is 0 Å². The number of carboxylic acid groups (broad SMARTS) is 1. The molecule has 0 aromatic heterocycles. The Bertz CT molecular complexity index is 358. The number of carbonyl (C=O) groups is 3. The number of carbonyl (C=O) groups excluding carboxylic acids is 2. The zero-order chi connectivity index (χ0) is 11.9. The first kappa shape index (κ1) is 10.5. The van der Waals surface area contributed by atoms with Gasteiger partial charge in [0.1, 0.15) is 18.4 Å².